The van der Waals surface area contributed by atoms with Crippen LogP contribution in [0.5, 0.6) is 0 Å². The lowest BCUT2D eigenvalue weighted by Gasteiger charge is -2.39. The van der Waals surface area contributed by atoms with Gasteiger partial charge < -0.3 is 25.3 Å². The Hall–Kier alpha value is -2.69. The Labute approximate surface area is 232 Å². The van der Waals surface area contributed by atoms with Crippen molar-refractivity contribution in [1.29, 1.82) is 0 Å². The fourth-order valence-electron chi connectivity index (χ4n) is 4.75. The van der Waals surface area contributed by atoms with Crippen LogP contribution in [-0.4, -0.2) is 65.2 Å². The molecule has 9 nitrogen and oxygen atoms in total. The number of unbranched alkanes of at least 4 members (excludes halogenated alkanes) is 3. The number of anilines is 1. The summed E-state index contributed by atoms with van der Waals surface area (Å²) in [5.41, 5.74) is 2.09. The molecule has 0 unspecified atom stereocenters. The van der Waals surface area contributed by atoms with Gasteiger partial charge in [-0.05, 0) is 44.9 Å². The van der Waals surface area contributed by atoms with Gasteiger partial charge in [0, 0.05) is 25.2 Å². The molecule has 38 heavy (non-hydrogen) atoms. The van der Waals surface area contributed by atoms with Gasteiger partial charge >= 0.3 is 5.97 Å². The predicted octanol–water partition coefficient (Wildman–Crippen LogP) is 4.96. The lowest BCUT2D eigenvalue weighted by molar-refractivity contribution is 0.0528. The molecular formula is C27H37ClN6O3S. The third kappa shape index (κ3) is 6.65. The number of carbonyl (C=O) groups excluding carboxylic acids is 2. The monoisotopic (exact) mass is 560 g/mol. The number of fused-ring (bicyclic) bond motifs is 1. The van der Waals surface area contributed by atoms with Crippen LogP contribution in [-0.2, 0) is 11.2 Å². The molecule has 0 bridgehead atoms. The maximum atomic E-state index is 13.0. The number of aryl methyl sites for hydroxylation is 1. The Bertz CT molecular complexity index is 1240. The summed E-state index contributed by atoms with van der Waals surface area (Å²) in [5.74, 6) is -0.332. The molecule has 0 saturated carbocycles. The zero-order valence-corrected chi connectivity index (χ0v) is 23.9. The Morgan fingerprint density at radius 3 is 2.76 bits per heavy atom. The van der Waals surface area contributed by atoms with Gasteiger partial charge in [0.1, 0.15) is 0 Å². The molecule has 11 heteroatoms. The van der Waals surface area contributed by atoms with E-state index in [1.54, 1.807) is 13.0 Å². The van der Waals surface area contributed by atoms with Crippen LogP contribution in [0.3, 0.4) is 0 Å². The van der Waals surface area contributed by atoms with E-state index in [0.717, 1.165) is 47.0 Å². The van der Waals surface area contributed by atoms with E-state index in [1.165, 1.54) is 30.6 Å². The summed E-state index contributed by atoms with van der Waals surface area (Å²) in [6.07, 6.45) is 6.09. The number of hydrogen-bond donors (Lipinski definition) is 3. The standard InChI is InChI=1S/C27H37ClN6O3S/c1-4-7-8-9-14-29-21-16-34(15-13-19(21)31-25(35)24-30-18(5-2)23(28)33-24)27-32-20-12-10-11-17(22(20)38-27)26(36)37-6-3/h10-12,19,21,29H,4-9,13-16H2,1-3H3,(H,30,33)(H,31,35)/t19-,21+/m0/s1. The highest BCUT2D eigenvalue weighted by molar-refractivity contribution is 7.22. The van der Waals surface area contributed by atoms with Gasteiger partial charge in [-0.25, -0.2) is 14.8 Å². The number of piperidine rings is 1. The van der Waals surface area contributed by atoms with Crippen LogP contribution in [0.1, 0.15) is 79.5 Å². The molecule has 1 saturated heterocycles. The molecule has 1 amide bonds. The molecule has 1 aliphatic heterocycles. The summed E-state index contributed by atoms with van der Waals surface area (Å²) < 4.78 is 6.08. The maximum Gasteiger partial charge on any atom is 0.339 e. The molecule has 3 heterocycles. The Balaban J connectivity index is 1.50. The number of aromatic amines is 1. The molecule has 0 aliphatic carbocycles. The summed E-state index contributed by atoms with van der Waals surface area (Å²) in [7, 11) is 0. The first-order valence-electron chi connectivity index (χ1n) is 13.5. The van der Waals surface area contributed by atoms with Crippen LogP contribution in [0.2, 0.25) is 5.15 Å². The number of thiazole rings is 1. The molecule has 1 aromatic carbocycles. The second kappa shape index (κ2) is 13.4. The van der Waals surface area contributed by atoms with Crippen LogP contribution < -0.4 is 15.5 Å². The van der Waals surface area contributed by atoms with Crippen LogP contribution >= 0.6 is 22.9 Å². The number of benzene rings is 1. The summed E-state index contributed by atoms with van der Waals surface area (Å²) in [5, 5.41) is 8.07. The molecular weight excluding hydrogens is 524 g/mol. The number of imidazole rings is 1. The molecule has 2 atom stereocenters. The van der Waals surface area contributed by atoms with Crippen molar-refractivity contribution in [3.8, 4) is 0 Å². The van der Waals surface area contributed by atoms with E-state index in [1.807, 2.05) is 19.1 Å². The fraction of sp³-hybridized carbons (Fsp3) is 0.556. The molecule has 206 valence electrons. The van der Waals surface area contributed by atoms with E-state index in [4.69, 9.17) is 21.3 Å². The number of H-pyrrole nitrogens is 1. The lowest BCUT2D eigenvalue weighted by atomic mass is 9.99. The summed E-state index contributed by atoms with van der Waals surface area (Å²) in [6, 6.07) is 5.51. The third-order valence-electron chi connectivity index (χ3n) is 6.83. The SMILES string of the molecule is CCCCCCN[C@@H]1CN(c2nc3cccc(C(=O)OCC)c3s2)CC[C@@H]1NC(=O)c1nc(Cl)c(CC)[nH]1. The van der Waals surface area contributed by atoms with Crippen molar-refractivity contribution in [2.24, 2.45) is 0 Å². The van der Waals surface area contributed by atoms with Gasteiger partial charge in [0.05, 0.1) is 28.1 Å². The summed E-state index contributed by atoms with van der Waals surface area (Å²) >= 11 is 7.67. The van der Waals surface area contributed by atoms with E-state index in [0.29, 0.717) is 30.3 Å². The van der Waals surface area contributed by atoms with Gasteiger partial charge in [0.2, 0.25) is 0 Å². The molecule has 1 fully saturated rings. The van der Waals surface area contributed by atoms with Crippen LogP contribution in [0.25, 0.3) is 10.2 Å². The zero-order chi connectivity index (χ0) is 27.1. The van der Waals surface area contributed by atoms with Crippen molar-refractivity contribution in [3.63, 3.8) is 0 Å². The quantitative estimate of drug-likeness (QED) is 0.212. The van der Waals surface area contributed by atoms with Crippen molar-refractivity contribution in [1.82, 2.24) is 25.6 Å². The minimum absolute atomic E-state index is 0.0296. The number of esters is 1. The van der Waals surface area contributed by atoms with E-state index < -0.39 is 0 Å². The second-order valence-corrected chi connectivity index (χ2v) is 10.9. The van der Waals surface area contributed by atoms with E-state index in [-0.39, 0.29) is 29.8 Å². The molecule has 0 spiro atoms. The van der Waals surface area contributed by atoms with Crippen molar-refractivity contribution in [3.05, 3.63) is 40.4 Å². The number of nitrogens with zero attached hydrogens (tertiary/aromatic N) is 3. The normalized spacial score (nSPS) is 17.6. The van der Waals surface area contributed by atoms with Crippen molar-refractivity contribution >= 4 is 50.2 Å². The zero-order valence-electron chi connectivity index (χ0n) is 22.3. The summed E-state index contributed by atoms with van der Waals surface area (Å²) in [6.45, 7) is 8.60. The Morgan fingerprint density at radius 2 is 2.03 bits per heavy atom. The van der Waals surface area contributed by atoms with Crippen molar-refractivity contribution in [2.45, 2.75) is 71.4 Å². The highest BCUT2D eigenvalue weighted by atomic mass is 35.5. The first kappa shape index (κ1) is 28.3. The molecule has 0 radical (unpaired) electrons. The number of hydrogen-bond acceptors (Lipinski definition) is 8. The number of amides is 1. The van der Waals surface area contributed by atoms with Gasteiger partial charge in [-0.15, -0.1) is 0 Å². The summed E-state index contributed by atoms with van der Waals surface area (Å²) in [4.78, 5) is 39.8. The second-order valence-electron chi connectivity index (χ2n) is 9.51. The number of ether oxygens (including phenoxy) is 1. The minimum Gasteiger partial charge on any atom is -0.462 e. The fourth-order valence-corrected chi connectivity index (χ4v) is 6.12. The van der Waals surface area contributed by atoms with E-state index in [2.05, 4.69) is 32.4 Å². The predicted molar refractivity (Wildman–Crippen MR) is 153 cm³/mol. The van der Waals surface area contributed by atoms with Crippen LogP contribution in [0, 0.1) is 0 Å². The van der Waals surface area contributed by atoms with Gasteiger partial charge in [-0.2, -0.15) is 0 Å². The van der Waals surface area contributed by atoms with Crippen molar-refractivity contribution in [2.75, 3.05) is 31.1 Å². The lowest BCUT2D eigenvalue weighted by Crippen LogP contribution is -2.59. The minimum atomic E-state index is -0.328. The average Bonchev–Trinajstić information content (AvgIpc) is 3.52. The topological polar surface area (TPSA) is 112 Å². The Morgan fingerprint density at radius 1 is 1.18 bits per heavy atom. The molecule has 1 aliphatic rings. The van der Waals surface area contributed by atoms with Gasteiger partial charge in [0.25, 0.3) is 5.91 Å². The molecule has 3 aromatic rings. The highest BCUT2D eigenvalue weighted by Crippen LogP contribution is 2.33. The number of aromatic nitrogens is 3. The number of halogens is 1. The third-order valence-corrected chi connectivity index (χ3v) is 8.31. The first-order chi connectivity index (χ1) is 18.4. The molecule has 4 rings (SSSR count). The number of rotatable bonds is 12. The van der Waals surface area contributed by atoms with Gasteiger partial charge in [-0.3, -0.25) is 4.79 Å². The highest BCUT2D eigenvalue weighted by Gasteiger charge is 2.32. The molecule has 2 aromatic heterocycles. The van der Waals surface area contributed by atoms with Crippen molar-refractivity contribution < 1.29 is 14.3 Å². The first-order valence-corrected chi connectivity index (χ1v) is 14.7. The average molecular weight is 561 g/mol. The number of carbonyl (C=O) groups is 2. The van der Waals surface area contributed by atoms with E-state index in [9.17, 15) is 9.59 Å². The largest absolute Gasteiger partial charge is 0.462 e. The van der Waals surface area contributed by atoms with Gasteiger partial charge in [-0.1, -0.05) is 62.1 Å². The Kier molecular flexibility index (Phi) is 9.98. The maximum absolute atomic E-state index is 13.0. The number of nitrogens with one attached hydrogen (secondary N) is 3. The molecule has 3 N–H and O–H groups in total. The van der Waals surface area contributed by atoms with Crippen LogP contribution in [0.15, 0.2) is 18.2 Å². The smallest absolute Gasteiger partial charge is 0.339 e. The van der Waals surface area contributed by atoms with E-state index >= 15 is 0 Å². The van der Waals surface area contributed by atoms with Crippen LogP contribution in [0.4, 0.5) is 5.13 Å². The van der Waals surface area contributed by atoms with Gasteiger partial charge in [0.15, 0.2) is 16.1 Å².